The number of benzene rings is 1. The summed E-state index contributed by atoms with van der Waals surface area (Å²) in [5.41, 5.74) is 2.25. The molecule has 0 bridgehead atoms. The first kappa shape index (κ1) is 12.2. The van der Waals surface area contributed by atoms with Crippen molar-refractivity contribution in [1.29, 1.82) is 0 Å². The summed E-state index contributed by atoms with van der Waals surface area (Å²) in [6.07, 6.45) is -0.0258. The molecule has 0 aromatic heterocycles. The molecule has 86 valence electrons. The van der Waals surface area contributed by atoms with Crippen molar-refractivity contribution < 1.29 is 19.4 Å². The molecule has 0 aliphatic heterocycles. The highest BCUT2D eigenvalue weighted by atomic mass is 16.5. The number of carboxylic acids is 1. The second kappa shape index (κ2) is 4.79. The minimum atomic E-state index is -0.876. The van der Waals surface area contributed by atoms with Crippen LogP contribution in [0.4, 0.5) is 0 Å². The quantitative estimate of drug-likeness (QED) is 0.626. The van der Waals surface area contributed by atoms with E-state index in [9.17, 15) is 9.59 Å². The molecule has 0 unspecified atom stereocenters. The second-order valence-electron chi connectivity index (χ2n) is 3.72. The molecular weight excluding hydrogens is 208 g/mol. The van der Waals surface area contributed by atoms with Crippen LogP contribution in [0.1, 0.15) is 23.6 Å². The first-order valence-electron chi connectivity index (χ1n) is 4.90. The zero-order valence-electron chi connectivity index (χ0n) is 9.53. The highest BCUT2D eigenvalue weighted by Crippen LogP contribution is 2.25. The van der Waals surface area contributed by atoms with Gasteiger partial charge in [-0.15, -0.1) is 0 Å². The lowest BCUT2D eigenvalue weighted by Crippen LogP contribution is -2.06. The van der Waals surface area contributed by atoms with Crippen molar-refractivity contribution in [2.75, 3.05) is 0 Å². The van der Waals surface area contributed by atoms with Crippen LogP contribution in [0, 0.1) is 13.8 Å². The number of ether oxygens (including phenoxy) is 1. The van der Waals surface area contributed by atoms with Gasteiger partial charge in [-0.3, -0.25) is 9.59 Å². The van der Waals surface area contributed by atoms with Crippen LogP contribution in [0.3, 0.4) is 0 Å². The molecule has 4 heteroatoms. The van der Waals surface area contributed by atoms with Gasteiger partial charge >= 0.3 is 11.9 Å². The van der Waals surface area contributed by atoms with E-state index in [1.54, 1.807) is 26.0 Å². The second-order valence-corrected chi connectivity index (χ2v) is 3.72. The molecule has 1 aromatic carbocycles. The van der Waals surface area contributed by atoms with Gasteiger partial charge in [0.15, 0.2) is 0 Å². The fourth-order valence-corrected chi connectivity index (χ4v) is 1.62. The third kappa shape index (κ3) is 3.08. The number of rotatable bonds is 3. The van der Waals surface area contributed by atoms with E-state index in [1.165, 1.54) is 6.92 Å². The van der Waals surface area contributed by atoms with E-state index in [0.717, 1.165) is 11.1 Å². The molecule has 1 rings (SSSR count). The van der Waals surface area contributed by atoms with Crippen molar-refractivity contribution in [3.05, 3.63) is 28.8 Å². The number of hydrogen-bond donors (Lipinski definition) is 1. The smallest absolute Gasteiger partial charge is 0.308 e. The van der Waals surface area contributed by atoms with Crippen molar-refractivity contribution in [1.82, 2.24) is 0 Å². The Morgan fingerprint density at radius 3 is 2.12 bits per heavy atom. The van der Waals surface area contributed by atoms with Gasteiger partial charge in [-0.25, -0.2) is 0 Å². The SMILES string of the molecule is CC(=O)Oc1c(C)cc(CC(=O)O)cc1C. The van der Waals surface area contributed by atoms with Crippen molar-refractivity contribution in [3.63, 3.8) is 0 Å². The zero-order chi connectivity index (χ0) is 12.3. The van der Waals surface area contributed by atoms with Gasteiger partial charge in [-0.2, -0.15) is 0 Å². The molecule has 0 saturated carbocycles. The summed E-state index contributed by atoms with van der Waals surface area (Å²) in [5, 5.41) is 8.68. The number of carboxylic acid groups (broad SMARTS) is 1. The van der Waals surface area contributed by atoms with Crippen molar-refractivity contribution in [2.24, 2.45) is 0 Å². The number of carbonyl (C=O) groups is 2. The summed E-state index contributed by atoms with van der Waals surface area (Å²) in [4.78, 5) is 21.4. The monoisotopic (exact) mass is 222 g/mol. The predicted molar refractivity (Wildman–Crippen MR) is 58.6 cm³/mol. The van der Waals surface area contributed by atoms with Crippen LogP contribution >= 0.6 is 0 Å². The summed E-state index contributed by atoms with van der Waals surface area (Å²) in [6.45, 7) is 4.91. The molecule has 4 nitrogen and oxygen atoms in total. The number of esters is 1. The lowest BCUT2D eigenvalue weighted by atomic mass is 10.0. The lowest BCUT2D eigenvalue weighted by Gasteiger charge is -2.10. The number of hydrogen-bond acceptors (Lipinski definition) is 3. The summed E-state index contributed by atoms with van der Waals surface area (Å²) in [7, 11) is 0. The largest absolute Gasteiger partial charge is 0.481 e. The van der Waals surface area contributed by atoms with Crippen LogP contribution in [0.2, 0.25) is 0 Å². The van der Waals surface area contributed by atoms with Crippen LogP contribution in [-0.4, -0.2) is 17.0 Å². The Bertz CT molecular complexity index is 412. The average Bonchev–Trinajstić information content (AvgIpc) is 2.10. The summed E-state index contributed by atoms with van der Waals surface area (Å²) < 4.78 is 5.05. The molecule has 0 saturated heterocycles. The number of carbonyl (C=O) groups excluding carboxylic acids is 1. The Morgan fingerprint density at radius 2 is 1.75 bits per heavy atom. The molecule has 1 N–H and O–H groups in total. The maximum atomic E-state index is 10.9. The topological polar surface area (TPSA) is 63.6 Å². The van der Waals surface area contributed by atoms with Crippen molar-refractivity contribution in [2.45, 2.75) is 27.2 Å². The van der Waals surface area contributed by atoms with Gasteiger partial charge in [-0.1, -0.05) is 12.1 Å². The Hall–Kier alpha value is -1.84. The van der Waals surface area contributed by atoms with Gasteiger partial charge in [0, 0.05) is 6.92 Å². The molecule has 0 atom stereocenters. The maximum Gasteiger partial charge on any atom is 0.308 e. The third-order valence-corrected chi connectivity index (χ3v) is 2.12. The minimum absolute atomic E-state index is 0.0258. The Labute approximate surface area is 93.9 Å². The van der Waals surface area contributed by atoms with Crippen LogP contribution in [0.15, 0.2) is 12.1 Å². The molecule has 1 aromatic rings. The Kier molecular flexibility index (Phi) is 3.66. The fourth-order valence-electron chi connectivity index (χ4n) is 1.62. The van der Waals surface area contributed by atoms with Gasteiger partial charge in [-0.05, 0) is 30.5 Å². The summed E-state index contributed by atoms with van der Waals surface area (Å²) >= 11 is 0. The third-order valence-electron chi connectivity index (χ3n) is 2.12. The van der Waals surface area contributed by atoms with E-state index in [-0.39, 0.29) is 12.4 Å². The van der Waals surface area contributed by atoms with Gasteiger partial charge in [0.2, 0.25) is 0 Å². The van der Waals surface area contributed by atoms with Gasteiger partial charge in [0.05, 0.1) is 6.42 Å². The van der Waals surface area contributed by atoms with Gasteiger partial charge in [0.25, 0.3) is 0 Å². The Balaban J connectivity index is 3.06. The average molecular weight is 222 g/mol. The summed E-state index contributed by atoms with van der Waals surface area (Å²) in [5.74, 6) is -0.738. The van der Waals surface area contributed by atoms with E-state index >= 15 is 0 Å². The van der Waals surface area contributed by atoms with E-state index in [2.05, 4.69) is 0 Å². The summed E-state index contributed by atoms with van der Waals surface area (Å²) in [6, 6.07) is 3.44. The predicted octanol–water partition coefficient (Wildman–Crippen LogP) is 1.86. The zero-order valence-corrected chi connectivity index (χ0v) is 9.53. The molecule has 0 aliphatic rings. The van der Waals surface area contributed by atoms with Crippen molar-refractivity contribution >= 4 is 11.9 Å². The molecule has 0 amide bonds. The van der Waals surface area contributed by atoms with Gasteiger partial charge in [0.1, 0.15) is 5.75 Å². The molecule has 0 radical (unpaired) electrons. The van der Waals surface area contributed by atoms with Crippen LogP contribution in [-0.2, 0) is 16.0 Å². The molecule has 16 heavy (non-hydrogen) atoms. The lowest BCUT2D eigenvalue weighted by molar-refractivity contribution is -0.136. The van der Waals surface area contributed by atoms with E-state index in [1.807, 2.05) is 0 Å². The first-order valence-corrected chi connectivity index (χ1v) is 4.90. The molecule has 0 spiro atoms. The van der Waals surface area contributed by atoms with E-state index < -0.39 is 5.97 Å². The standard InChI is InChI=1S/C12H14O4/c1-7-4-10(6-11(14)15)5-8(2)12(7)16-9(3)13/h4-5H,6H2,1-3H3,(H,14,15). The van der Waals surface area contributed by atoms with E-state index in [0.29, 0.717) is 11.3 Å². The highest BCUT2D eigenvalue weighted by Gasteiger charge is 2.10. The van der Waals surface area contributed by atoms with Gasteiger partial charge < -0.3 is 9.84 Å². The molecule has 0 aliphatic carbocycles. The first-order chi connectivity index (χ1) is 7.40. The van der Waals surface area contributed by atoms with Crippen LogP contribution < -0.4 is 4.74 Å². The highest BCUT2D eigenvalue weighted by molar-refractivity contribution is 5.72. The van der Waals surface area contributed by atoms with Crippen molar-refractivity contribution in [3.8, 4) is 5.75 Å². The normalized spacial score (nSPS) is 9.94. The molecule has 0 fully saturated rings. The number of aliphatic carboxylic acids is 1. The maximum absolute atomic E-state index is 10.9. The Morgan fingerprint density at radius 1 is 1.25 bits per heavy atom. The molecular formula is C12H14O4. The minimum Gasteiger partial charge on any atom is -0.481 e. The fraction of sp³-hybridized carbons (Fsp3) is 0.333. The van der Waals surface area contributed by atoms with Crippen LogP contribution in [0.5, 0.6) is 5.75 Å². The van der Waals surface area contributed by atoms with Crippen LogP contribution in [0.25, 0.3) is 0 Å². The number of aryl methyl sites for hydroxylation is 2. The van der Waals surface area contributed by atoms with E-state index in [4.69, 9.17) is 9.84 Å². The molecule has 0 heterocycles.